The van der Waals surface area contributed by atoms with Crippen LogP contribution in [0.5, 0.6) is 0 Å². The van der Waals surface area contributed by atoms with E-state index in [1.807, 2.05) is 68.5 Å². The zero-order chi connectivity index (χ0) is 15.7. The third-order valence-electron chi connectivity index (χ3n) is 3.52. The van der Waals surface area contributed by atoms with Crippen LogP contribution in [0.1, 0.15) is 18.1 Å². The van der Waals surface area contributed by atoms with E-state index in [0.717, 1.165) is 20.5 Å². The van der Waals surface area contributed by atoms with Crippen LogP contribution in [0.4, 0.5) is 5.69 Å². The molecule has 3 rings (SSSR count). The normalized spacial score (nSPS) is 16.3. The Kier molecular flexibility index (Phi) is 4.11. The van der Waals surface area contributed by atoms with Crippen LogP contribution < -0.4 is 5.01 Å². The molecule has 1 aliphatic heterocycles. The van der Waals surface area contributed by atoms with Crippen molar-refractivity contribution in [1.82, 2.24) is 0 Å². The van der Waals surface area contributed by atoms with Crippen molar-refractivity contribution in [2.24, 2.45) is 5.10 Å². The van der Waals surface area contributed by atoms with E-state index in [4.69, 9.17) is 0 Å². The summed E-state index contributed by atoms with van der Waals surface area (Å²) in [5, 5.41) is 5.86. The lowest BCUT2D eigenvalue weighted by Crippen LogP contribution is -2.21. The smallest absolute Gasteiger partial charge is 0.267 e. The third-order valence-corrected chi connectivity index (χ3v) is 4.24. The highest BCUT2D eigenvalue weighted by Crippen LogP contribution is 2.25. The van der Waals surface area contributed by atoms with Crippen LogP contribution in [0, 0.1) is 10.5 Å². The summed E-state index contributed by atoms with van der Waals surface area (Å²) in [6, 6.07) is 15.8. The number of hydrogen-bond donors (Lipinski definition) is 0. The maximum atomic E-state index is 12.6. The van der Waals surface area contributed by atoms with Gasteiger partial charge in [0.05, 0.1) is 17.0 Å². The second kappa shape index (κ2) is 6.04. The molecule has 0 radical (unpaired) electrons. The van der Waals surface area contributed by atoms with Crippen molar-refractivity contribution < 1.29 is 4.79 Å². The fourth-order valence-electron chi connectivity index (χ4n) is 2.27. The third kappa shape index (κ3) is 2.97. The van der Waals surface area contributed by atoms with Crippen LogP contribution in [0.3, 0.4) is 0 Å². The summed E-state index contributed by atoms with van der Waals surface area (Å²) in [4.78, 5) is 12.6. The van der Waals surface area contributed by atoms with E-state index in [0.29, 0.717) is 5.57 Å². The minimum Gasteiger partial charge on any atom is -0.267 e. The number of anilines is 1. The predicted molar refractivity (Wildman–Crippen MR) is 98.9 cm³/mol. The van der Waals surface area contributed by atoms with Gasteiger partial charge in [-0.05, 0) is 72.3 Å². The van der Waals surface area contributed by atoms with Gasteiger partial charge in [-0.25, -0.2) is 0 Å². The number of carbonyl (C=O) groups excluding carboxylic acids is 1. The summed E-state index contributed by atoms with van der Waals surface area (Å²) in [6.45, 7) is 3.91. The molecule has 0 spiro atoms. The van der Waals surface area contributed by atoms with Crippen LogP contribution in [-0.2, 0) is 4.79 Å². The van der Waals surface area contributed by atoms with E-state index in [1.54, 1.807) is 0 Å². The zero-order valence-corrected chi connectivity index (χ0v) is 14.5. The van der Waals surface area contributed by atoms with Crippen molar-refractivity contribution in [3.8, 4) is 0 Å². The Balaban J connectivity index is 1.92. The van der Waals surface area contributed by atoms with Gasteiger partial charge < -0.3 is 0 Å². The van der Waals surface area contributed by atoms with Crippen molar-refractivity contribution in [3.63, 3.8) is 0 Å². The highest BCUT2D eigenvalue weighted by molar-refractivity contribution is 14.1. The summed E-state index contributed by atoms with van der Waals surface area (Å²) in [7, 11) is 0. The Morgan fingerprint density at radius 3 is 2.27 bits per heavy atom. The highest BCUT2D eigenvalue weighted by atomic mass is 127. The molecule has 4 heteroatoms. The SMILES string of the molecule is CC1=NN(c2ccc(I)cc2)C(=O)/C1=C/c1ccc(C)cc1. The summed E-state index contributed by atoms with van der Waals surface area (Å²) in [5.74, 6) is -0.0840. The molecule has 110 valence electrons. The molecule has 0 aliphatic carbocycles. The first-order valence-corrected chi connectivity index (χ1v) is 8.06. The number of aryl methyl sites for hydroxylation is 1. The fraction of sp³-hybridized carbons (Fsp3) is 0.111. The molecule has 0 saturated carbocycles. The molecule has 1 heterocycles. The molecule has 3 nitrogen and oxygen atoms in total. The van der Waals surface area contributed by atoms with Crippen molar-refractivity contribution in [3.05, 3.63) is 68.8 Å². The van der Waals surface area contributed by atoms with Crippen molar-refractivity contribution in [1.29, 1.82) is 0 Å². The molecule has 0 unspecified atom stereocenters. The topological polar surface area (TPSA) is 32.7 Å². The Morgan fingerprint density at radius 2 is 1.64 bits per heavy atom. The van der Waals surface area contributed by atoms with Gasteiger partial charge >= 0.3 is 0 Å². The summed E-state index contributed by atoms with van der Waals surface area (Å²) < 4.78 is 1.13. The first-order chi connectivity index (χ1) is 10.5. The van der Waals surface area contributed by atoms with E-state index in [9.17, 15) is 4.79 Å². The molecule has 0 fully saturated rings. The van der Waals surface area contributed by atoms with Gasteiger partial charge in [0.15, 0.2) is 0 Å². The van der Waals surface area contributed by atoms with E-state index >= 15 is 0 Å². The Labute approximate surface area is 143 Å². The van der Waals surface area contributed by atoms with Gasteiger partial charge in [0.1, 0.15) is 0 Å². The van der Waals surface area contributed by atoms with Gasteiger partial charge in [0, 0.05) is 3.57 Å². The van der Waals surface area contributed by atoms with Gasteiger partial charge in [-0.2, -0.15) is 10.1 Å². The number of hydrazone groups is 1. The molecule has 2 aromatic rings. The van der Waals surface area contributed by atoms with Crippen LogP contribution in [0.25, 0.3) is 6.08 Å². The number of hydrogen-bond acceptors (Lipinski definition) is 2. The standard InChI is InChI=1S/C18H15IN2O/c1-12-3-5-14(6-4-12)11-17-13(2)20-21(18(17)22)16-9-7-15(19)8-10-16/h3-11H,1-2H3/b17-11+. The molecule has 0 atom stereocenters. The molecule has 1 amide bonds. The number of benzene rings is 2. The number of carbonyl (C=O) groups is 1. The number of nitrogens with zero attached hydrogens (tertiary/aromatic N) is 2. The van der Waals surface area contributed by atoms with E-state index < -0.39 is 0 Å². The molecular weight excluding hydrogens is 387 g/mol. The quantitative estimate of drug-likeness (QED) is 0.541. The number of halogens is 1. The second-order valence-corrected chi connectivity index (χ2v) is 6.49. The van der Waals surface area contributed by atoms with Gasteiger partial charge in [0.25, 0.3) is 5.91 Å². The van der Waals surface area contributed by atoms with Crippen molar-refractivity contribution in [2.75, 3.05) is 5.01 Å². The van der Waals surface area contributed by atoms with Crippen molar-refractivity contribution >= 4 is 46.0 Å². The molecule has 0 saturated heterocycles. The predicted octanol–water partition coefficient (Wildman–Crippen LogP) is 4.41. The lowest BCUT2D eigenvalue weighted by Gasteiger charge is -2.11. The van der Waals surface area contributed by atoms with E-state index in [-0.39, 0.29) is 5.91 Å². The Morgan fingerprint density at radius 1 is 1.00 bits per heavy atom. The van der Waals surface area contributed by atoms with E-state index in [2.05, 4.69) is 27.7 Å². The number of rotatable bonds is 2. The average molecular weight is 402 g/mol. The monoisotopic (exact) mass is 402 g/mol. The largest absolute Gasteiger partial charge is 0.280 e. The summed E-state index contributed by atoms with van der Waals surface area (Å²) >= 11 is 2.24. The van der Waals surface area contributed by atoms with Crippen molar-refractivity contribution in [2.45, 2.75) is 13.8 Å². The van der Waals surface area contributed by atoms with Crippen LogP contribution >= 0.6 is 22.6 Å². The molecule has 22 heavy (non-hydrogen) atoms. The lowest BCUT2D eigenvalue weighted by molar-refractivity contribution is -0.114. The fourth-order valence-corrected chi connectivity index (χ4v) is 2.63. The van der Waals surface area contributed by atoms with Crippen LogP contribution in [0.15, 0.2) is 59.2 Å². The average Bonchev–Trinajstić information content (AvgIpc) is 2.78. The lowest BCUT2D eigenvalue weighted by atomic mass is 10.1. The van der Waals surface area contributed by atoms with Gasteiger partial charge in [-0.1, -0.05) is 29.8 Å². The molecule has 0 bridgehead atoms. The second-order valence-electron chi connectivity index (χ2n) is 5.25. The molecule has 0 N–H and O–H groups in total. The first-order valence-electron chi connectivity index (χ1n) is 6.98. The van der Waals surface area contributed by atoms with Crippen LogP contribution in [-0.4, -0.2) is 11.6 Å². The first kappa shape index (κ1) is 15.0. The minimum atomic E-state index is -0.0840. The van der Waals surface area contributed by atoms with Gasteiger partial charge in [-0.3, -0.25) is 4.79 Å². The number of amides is 1. The summed E-state index contributed by atoms with van der Waals surface area (Å²) in [6.07, 6.45) is 1.90. The maximum absolute atomic E-state index is 12.6. The molecule has 0 aromatic heterocycles. The highest BCUT2D eigenvalue weighted by Gasteiger charge is 2.28. The summed E-state index contributed by atoms with van der Waals surface area (Å²) in [5.41, 5.74) is 4.38. The molecule has 1 aliphatic rings. The Bertz CT molecular complexity index is 774. The van der Waals surface area contributed by atoms with Gasteiger partial charge in [-0.15, -0.1) is 0 Å². The maximum Gasteiger partial charge on any atom is 0.280 e. The van der Waals surface area contributed by atoms with Crippen LogP contribution in [0.2, 0.25) is 0 Å². The van der Waals surface area contributed by atoms with E-state index in [1.165, 1.54) is 10.6 Å². The Hall–Kier alpha value is -1.95. The molecular formula is C18H15IN2O. The zero-order valence-electron chi connectivity index (χ0n) is 12.4. The van der Waals surface area contributed by atoms with Gasteiger partial charge in [0.2, 0.25) is 0 Å². The molecule has 2 aromatic carbocycles. The minimum absolute atomic E-state index is 0.0840.